The van der Waals surface area contributed by atoms with Gasteiger partial charge < -0.3 is 20.7 Å². The van der Waals surface area contributed by atoms with Crippen LogP contribution in [0.15, 0.2) is 53.5 Å². The topological polar surface area (TPSA) is 119 Å². The Morgan fingerprint density at radius 2 is 1.97 bits per heavy atom. The number of aromatic amines is 1. The third-order valence-electron chi connectivity index (χ3n) is 6.91. The smallest absolute Gasteiger partial charge is 0.257 e. The molecule has 31 heavy (non-hydrogen) atoms. The number of nitrogens with two attached hydrogens (primary N) is 1. The van der Waals surface area contributed by atoms with Gasteiger partial charge in [0.2, 0.25) is 0 Å². The summed E-state index contributed by atoms with van der Waals surface area (Å²) < 4.78 is 0. The number of benzene rings is 1. The number of aromatic nitrogens is 2. The Balaban J connectivity index is 1.36. The Morgan fingerprint density at radius 3 is 2.68 bits per heavy atom. The van der Waals surface area contributed by atoms with E-state index in [1.807, 2.05) is 24.3 Å². The molecular formula is C24H23N5O2. The van der Waals surface area contributed by atoms with E-state index in [0.717, 1.165) is 49.3 Å². The average molecular weight is 413 g/mol. The van der Waals surface area contributed by atoms with Gasteiger partial charge in [0.1, 0.15) is 23.3 Å². The van der Waals surface area contributed by atoms with Crippen LogP contribution in [0.1, 0.15) is 35.7 Å². The van der Waals surface area contributed by atoms with Gasteiger partial charge in [-0.1, -0.05) is 12.1 Å². The Bertz CT molecular complexity index is 1250. The molecule has 7 heteroatoms. The van der Waals surface area contributed by atoms with Crippen LogP contribution in [0.25, 0.3) is 11.1 Å². The van der Waals surface area contributed by atoms with Gasteiger partial charge in [0.25, 0.3) is 5.56 Å². The summed E-state index contributed by atoms with van der Waals surface area (Å²) in [6, 6.07) is 14.6. The normalized spacial score (nSPS) is 19.2. The van der Waals surface area contributed by atoms with E-state index < -0.39 is 0 Å². The summed E-state index contributed by atoms with van der Waals surface area (Å²) in [5.74, 6) is 1.09. The van der Waals surface area contributed by atoms with Crippen LogP contribution in [0.5, 0.6) is 5.75 Å². The summed E-state index contributed by atoms with van der Waals surface area (Å²) in [4.78, 5) is 22.0. The number of rotatable bonds is 2. The molecular weight excluding hydrogens is 390 g/mol. The number of piperidine rings is 1. The maximum atomic E-state index is 12.8. The molecule has 0 unspecified atom stereocenters. The van der Waals surface area contributed by atoms with Gasteiger partial charge in [-0.25, -0.2) is 4.98 Å². The van der Waals surface area contributed by atoms with Crippen molar-refractivity contribution in [3.05, 3.63) is 75.8 Å². The number of hydrogen-bond donors (Lipinski definition) is 3. The van der Waals surface area contributed by atoms with Crippen LogP contribution in [0.3, 0.4) is 0 Å². The van der Waals surface area contributed by atoms with Crippen LogP contribution >= 0.6 is 0 Å². The van der Waals surface area contributed by atoms with Gasteiger partial charge in [0.05, 0.1) is 0 Å². The third kappa shape index (κ3) is 3.07. The standard InChI is InChI=1S/C24H23N5O2/c25-14-19-15(4-2-10-27-19)17-6-7-21(28-23(17)31)29-11-8-24(9-12-29)13-18-16(22(24)26)3-1-5-20(18)30/h1-7,10,22,30H,8-9,11-13,26H2,(H,28,31)/t22-/m1/s1. The largest absolute Gasteiger partial charge is 0.508 e. The number of phenols is 1. The molecule has 1 aliphatic heterocycles. The number of phenolic OH excluding ortho intramolecular Hbond substituents is 1. The molecule has 156 valence electrons. The fraction of sp³-hybridized carbons (Fsp3) is 0.292. The zero-order chi connectivity index (χ0) is 21.6. The highest BCUT2D eigenvalue weighted by molar-refractivity contribution is 5.68. The Kier molecular flexibility index (Phi) is 4.53. The first kappa shape index (κ1) is 19.3. The number of nitrogens with one attached hydrogen (secondary N) is 1. The second-order valence-corrected chi connectivity index (χ2v) is 8.45. The minimum atomic E-state index is -0.239. The minimum Gasteiger partial charge on any atom is -0.508 e. The number of pyridine rings is 2. The molecule has 1 spiro atoms. The van der Waals surface area contributed by atoms with Crippen molar-refractivity contribution >= 4 is 5.82 Å². The molecule has 2 aliphatic rings. The van der Waals surface area contributed by atoms with Gasteiger partial charge in [0, 0.05) is 36.5 Å². The molecule has 5 rings (SSSR count). The Hall–Kier alpha value is -3.63. The van der Waals surface area contributed by atoms with E-state index in [-0.39, 0.29) is 22.7 Å². The maximum absolute atomic E-state index is 12.8. The van der Waals surface area contributed by atoms with Gasteiger partial charge >= 0.3 is 0 Å². The van der Waals surface area contributed by atoms with Crippen molar-refractivity contribution in [3.63, 3.8) is 0 Å². The van der Waals surface area contributed by atoms with E-state index in [1.54, 1.807) is 30.5 Å². The second kappa shape index (κ2) is 7.25. The highest BCUT2D eigenvalue weighted by Crippen LogP contribution is 2.52. The van der Waals surface area contributed by atoms with E-state index in [1.165, 1.54) is 0 Å². The Morgan fingerprint density at radius 1 is 1.16 bits per heavy atom. The van der Waals surface area contributed by atoms with Crippen molar-refractivity contribution < 1.29 is 5.11 Å². The summed E-state index contributed by atoms with van der Waals surface area (Å²) in [5.41, 5.74) is 9.56. The Labute approximate surface area is 179 Å². The number of H-pyrrole nitrogens is 1. The van der Waals surface area contributed by atoms with Crippen LogP contribution < -0.4 is 16.2 Å². The first-order valence-electron chi connectivity index (χ1n) is 10.4. The monoisotopic (exact) mass is 413 g/mol. The second-order valence-electron chi connectivity index (χ2n) is 8.45. The third-order valence-corrected chi connectivity index (χ3v) is 6.91. The van der Waals surface area contributed by atoms with Gasteiger partial charge in [0.15, 0.2) is 0 Å². The molecule has 2 aromatic heterocycles. The zero-order valence-corrected chi connectivity index (χ0v) is 17.0. The number of anilines is 1. The molecule has 3 aromatic rings. The van der Waals surface area contributed by atoms with Crippen molar-refractivity contribution in [2.24, 2.45) is 11.1 Å². The molecule has 0 bridgehead atoms. The predicted molar refractivity (Wildman–Crippen MR) is 118 cm³/mol. The highest BCUT2D eigenvalue weighted by Gasteiger charge is 2.46. The van der Waals surface area contributed by atoms with Crippen LogP contribution in [0.2, 0.25) is 0 Å². The first-order valence-corrected chi connectivity index (χ1v) is 10.4. The van der Waals surface area contributed by atoms with E-state index in [4.69, 9.17) is 5.73 Å². The van der Waals surface area contributed by atoms with Crippen LogP contribution in [-0.4, -0.2) is 28.2 Å². The molecule has 1 fully saturated rings. The van der Waals surface area contributed by atoms with Crippen molar-refractivity contribution in [2.45, 2.75) is 25.3 Å². The summed E-state index contributed by atoms with van der Waals surface area (Å²) in [7, 11) is 0. The van der Waals surface area contributed by atoms with E-state index in [9.17, 15) is 15.2 Å². The lowest BCUT2D eigenvalue weighted by atomic mass is 9.73. The molecule has 7 nitrogen and oxygen atoms in total. The quantitative estimate of drug-likeness (QED) is 0.594. The summed E-state index contributed by atoms with van der Waals surface area (Å²) in [6.45, 7) is 1.54. The van der Waals surface area contributed by atoms with Crippen molar-refractivity contribution in [1.82, 2.24) is 9.97 Å². The lowest BCUT2D eigenvalue weighted by Gasteiger charge is -2.42. The van der Waals surface area contributed by atoms with Gasteiger partial charge in [-0.2, -0.15) is 5.26 Å². The SMILES string of the molecule is N#Cc1ncccc1-c1ccc(N2CCC3(CC2)Cc2c(O)cccc2[C@H]3N)[nH]c1=O. The summed E-state index contributed by atoms with van der Waals surface area (Å²) in [5, 5.41) is 19.5. The van der Waals surface area contributed by atoms with Crippen molar-refractivity contribution in [1.29, 1.82) is 5.26 Å². The van der Waals surface area contributed by atoms with E-state index in [0.29, 0.717) is 16.9 Å². The molecule has 1 aliphatic carbocycles. The molecule has 4 N–H and O–H groups in total. The van der Waals surface area contributed by atoms with Gasteiger partial charge in [-0.05, 0) is 66.1 Å². The minimum absolute atomic E-state index is 0.0602. The predicted octanol–water partition coefficient (Wildman–Crippen LogP) is 2.86. The molecule has 1 saturated heterocycles. The lowest BCUT2D eigenvalue weighted by Crippen LogP contribution is -2.44. The van der Waals surface area contributed by atoms with Crippen LogP contribution in [-0.2, 0) is 6.42 Å². The number of nitrogens with zero attached hydrogens (tertiary/aromatic N) is 3. The average Bonchev–Trinajstić information content (AvgIpc) is 3.07. The number of hydrogen-bond acceptors (Lipinski definition) is 6. The van der Waals surface area contributed by atoms with Crippen LogP contribution in [0, 0.1) is 16.7 Å². The molecule has 3 heterocycles. The molecule has 0 amide bonds. The first-order chi connectivity index (χ1) is 15.0. The fourth-order valence-corrected chi connectivity index (χ4v) is 5.12. The zero-order valence-electron chi connectivity index (χ0n) is 17.0. The molecule has 0 saturated carbocycles. The van der Waals surface area contributed by atoms with Crippen molar-refractivity contribution in [2.75, 3.05) is 18.0 Å². The fourth-order valence-electron chi connectivity index (χ4n) is 5.12. The molecule has 0 radical (unpaired) electrons. The number of nitriles is 1. The number of fused-ring (bicyclic) bond motifs is 1. The summed E-state index contributed by atoms with van der Waals surface area (Å²) >= 11 is 0. The lowest BCUT2D eigenvalue weighted by molar-refractivity contribution is 0.186. The van der Waals surface area contributed by atoms with E-state index in [2.05, 4.69) is 14.9 Å². The maximum Gasteiger partial charge on any atom is 0.257 e. The van der Waals surface area contributed by atoms with Crippen LogP contribution in [0.4, 0.5) is 5.82 Å². The van der Waals surface area contributed by atoms with Gasteiger partial charge in [-0.15, -0.1) is 0 Å². The van der Waals surface area contributed by atoms with Gasteiger partial charge in [-0.3, -0.25) is 4.79 Å². The van der Waals surface area contributed by atoms with Crippen molar-refractivity contribution in [3.8, 4) is 22.9 Å². The number of aromatic hydroxyl groups is 1. The highest BCUT2D eigenvalue weighted by atomic mass is 16.3. The molecule has 1 atom stereocenters. The molecule has 1 aromatic carbocycles. The summed E-state index contributed by atoms with van der Waals surface area (Å²) in [6.07, 6.45) is 4.10. The van der Waals surface area contributed by atoms with E-state index >= 15 is 0 Å².